The molecule has 1 saturated carbocycles. The second-order valence-electron chi connectivity index (χ2n) is 4.50. The molecule has 0 bridgehead atoms. The Kier molecular flexibility index (Phi) is 4.57. The molecule has 1 fully saturated rings. The Hall–Kier alpha value is -0.870. The molecule has 0 radical (unpaired) electrons. The van der Waals surface area contributed by atoms with Crippen LogP contribution in [0.4, 0.5) is 5.00 Å². The minimum Gasteiger partial charge on any atom is -0.395 e. The van der Waals surface area contributed by atoms with Crippen LogP contribution in [0.2, 0.25) is 0 Å². The molecule has 4 heteroatoms. The highest BCUT2D eigenvalue weighted by Gasteiger charge is 2.22. The molecule has 0 saturated heterocycles. The lowest BCUT2D eigenvalue weighted by Crippen LogP contribution is -2.38. The molecule has 0 aromatic carbocycles. The average molecular weight is 253 g/mol. The van der Waals surface area contributed by atoms with E-state index in [0.29, 0.717) is 12.6 Å². The van der Waals surface area contributed by atoms with Crippen LogP contribution in [0.5, 0.6) is 0 Å². The van der Waals surface area contributed by atoms with Gasteiger partial charge in [-0.25, -0.2) is 0 Å². The number of hydrogen-bond donors (Lipinski definition) is 1. The van der Waals surface area contributed by atoms with Gasteiger partial charge in [-0.3, -0.25) is 4.79 Å². The zero-order chi connectivity index (χ0) is 12.1. The molecule has 0 aliphatic heterocycles. The molecule has 0 spiro atoms. The van der Waals surface area contributed by atoms with Crippen molar-refractivity contribution in [1.82, 2.24) is 0 Å². The lowest BCUT2D eigenvalue weighted by atomic mass is 9.94. The van der Waals surface area contributed by atoms with Crippen molar-refractivity contribution < 1.29 is 9.90 Å². The summed E-state index contributed by atoms with van der Waals surface area (Å²) in [6, 6.07) is 4.40. The zero-order valence-corrected chi connectivity index (χ0v) is 10.8. The molecule has 0 unspecified atom stereocenters. The Morgan fingerprint density at radius 1 is 1.35 bits per heavy atom. The molecule has 1 N–H and O–H groups in total. The van der Waals surface area contributed by atoms with E-state index in [2.05, 4.69) is 4.90 Å². The van der Waals surface area contributed by atoms with Gasteiger partial charge in [-0.15, -0.1) is 11.3 Å². The van der Waals surface area contributed by atoms with Gasteiger partial charge in [-0.2, -0.15) is 0 Å². The van der Waals surface area contributed by atoms with E-state index in [-0.39, 0.29) is 6.61 Å². The third kappa shape index (κ3) is 3.07. The summed E-state index contributed by atoms with van der Waals surface area (Å²) in [5.74, 6) is 0. The van der Waals surface area contributed by atoms with E-state index in [1.807, 2.05) is 12.1 Å². The van der Waals surface area contributed by atoms with Crippen molar-refractivity contribution in [3.63, 3.8) is 0 Å². The Labute approximate surface area is 106 Å². The molecular weight excluding hydrogens is 234 g/mol. The first-order chi connectivity index (χ1) is 8.35. The van der Waals surface area contributed by atoms with Gasteiger partial charge in [0.15, 0.2) is 6.29 Å². The van der Waals surface area contributed by atoms with Crippen LogP contribution in [-0.4, -0.2) is 30.6 Å². The molecule has 0 amide bonds. The van der Waals surface area contributed by atoms with E-state index in [9.17, 15) is 9.90 Å². The van der Waals surface area contributed by atoms with Crippen molar-refractivity contribution in [2.75, 3.05) is 18.1 Å². The second-order valence-corrected chi connectivity index (χ2v) is 5.60. The predicted octanol–water partition coefficient (Wildman–Crippen LogP) is 2.69. The van der Waals surface area contributed by atoms with Crippen molar-refractivity contribution in [1.29, 1.82) is 0 Å². The molecule has 0 atom stereocenters. The van der Waals surface area contributed by atoms with Crippen LogP contribution in [-0.2, 0) is 0 Å². The van der Waals surface area contributed by atoms with Crippen molar-refractivity contribution in [3.05, 3.63) is 17.0 Å². The molecule has 94 valence electrons. The summed E-state index contributed by atoms with van der Waals surface area (Å²) in [6.45, 7) is 0.842. The van der Waals surface area contributed by atoms with Crippen molar-refractivity contribution in [3.8, 4) is 0 Å². The van der Waals surface area contributed by atoms with E-state index < -0.39 is 0 Å². The highest BCUT2D eigenvalue weighted by atomic mass is 32.1. The van der Waals surface area contributed by atoms with Gasteiger partial charge in [-0.1, -0.05) is 19.3 Å². The summed E-state index contributed by atoms with van der Waals surface area (Å²) in [4.78, 5) is 13.8. The number of anilines is 1. The zero-order valence-electron chi connectivity index (χ0n) is 9.97. The molecular formula is C13H19NO2S. The number of rotatable bonds is 5. The first-order valence-corrected chi connectivity index (χ1v) is 7.09. The Balaban J connectivity index is 2.11. The minimum atomic E-state index is 0.171. The predicted molar refractivity (Wildman–Crippen MR) is 71.0 cm³/mol. The normalized spacial score (nSPS) is 17.0. The molecule has 2 rings (SSSR count). The number of aliphatic hydroxyl groups is 1. The van der Waals surface area contributed by atoms with Crippen molar-refractivity contribution in [2.45, 2.75) is 38.1 Å². The summed E-state index contributed by atoms with van der Waals surface area (Å²) >= 11 is 1.52. The first-order valence-electron chi connectivity index (χ1n) is 6.27. The van der Waals surface area contributed by atoms with Crippen LogP contribution in [0.3, 0.4) is 0 Å². The van der Waals surface area contributed by atoms with Crippen molar-refractivity contribution in [2.24, 2.45) is 0 Å². The monoisotopic (exact) mass is 253 g/mol. The van der Waals surface area contributed by atoms with E-state index in [1.54, 1.807) is 0 Å². The Morgan fingerprint density at radius 3 is 2.71 bits per heavy atom. The summed E-state index contributed by atoms with van der Waals surface area (Å²) in [5, 5.41) is 10.3. The molecule has 1 heterocycles. The molecule has 17 heavy (non-hydrogen) atoms. The highest BCUT2D eigenvalue weighted by Crippen LogP contribution is 2.31. The van der Waals surface area contributed by atoms with E-state index in [4.69, 9.17) is 0 Å². The fourth-order valence-corrected chi connectivity index (χ4v) is 3.45. The molecule has 3 nitrogen and oxygen atoms in total. The fourth-order valence-electron chi connectivity index (χ4n) is 2.53. The SMILES string of the molecule is O=Cc1ccc(N(CCO)C2CCCCC2)s1. The largest absolute Gasteiger partial charge is 0.395 e. The molecule has 1 aromatic heterocycles. The van der Waals surface area contributed by atoms with Gasteiger partial charge in [0.1, 0.15) is 0 Å². The summed E-state index contributed by atoms with van der Waals surface area (Å²) in [5.41, 5.74) is 0. The van der Waals surface area contributed by atoms with Gasteiger partial charge in [-0.05, 0) is 25.0 Å². The van der Waals surface area contributed by atoms with Gasteiger partial charge in [0.05, 0.1) is 16.5 Å². The van der Waals surface area contributed by atoms with Crippen LogP contribution in [0.15, 0.2) is 12.1 Å². The third-order valence-corrected chi connectivity index (χ3v) is 4.42. The molecule has 1 aliphatic carbocycles. The summed E-state index contributed by atoms with van der Waals surface area (Å²) in [7, 11) is 0. The first kappa shape index (κ1) is 12.6. The van der Waals surface area contributed by atoms with Gasteiger partial charge < -0.3 is 10.0 Å². The number of thiophene rings is 1. The van der Waals surface area contributed by atoms with Gasteiger partial charge >= 0.3 is 0 Å². The van der Waals surface area contributed by atoms with E-state index in [0.717, 1.165) is 16.2 Å². The van der Waals surface area contributed by atoms with Crippen LogP contribution in [0, 0.1) is 0 Å². The van der Waals surface area contributed by atoms with Gasteiger partial charge in [0.2, 0.25) is 0 Å². The number of hydrogen-bond acceptors (Lipinski definition) is 4. The lowest BCUT2D eigenvalue weighted by Gasteiger charge is -2.34. The standard InChI is InChI=1S/C13H19NO2S/c15-9-8-14(11-4-2-1-3-5-11)13-7-6-12(10-16)17-13/h6-7,10-11,15H,1-5,8-9H2. The average Bonchev–Trinajstić information content (AvgIpc) is 2.85. The van der Waals surface area contributed by atoms with Crippen LogP contribution in [0.25, 0.3) is 0 Å². The number of carbonyl (C=O) groups excluding carboxylic acids is 1. The maximum absolute atomic E-state index is 10.7. The maximum Gasteiger partial charge on any atom is 0.160 e. The lowest BCUT2D eigenvalue weighted by molar-refractivity contribution is 0.112. The Bertz CT molecular complexity index is 358. The number of carbonyl (C=O) groups is 1. The number of aliphatic hydroxyl groups excluding tert-OH is 1. The molecule has 1 aliphatic rings. The Morgan fingerprint density at radius 2 is 2.12 bits per heavy atom. The minimum absolute atomic E-state index is 0.171. The van der Waals surface area contributed by atoms with Crippen LogP contribution < -0.4 is 4.90 Å². The number of aldehydes is 1. The van der Waals surface area contributed by atoms with Gasteiger partial charge in [0.25, 0.3) is 0 Å². The van der Waals surface area contributed by atoms with Crippen LogP contribution in [0.1, 0.15) is 41.8 Å². The van der Waals surface area contributed by atoms with E-state index in [1.165, 1.54) is 43.4 Å². The maximum atomic E-state index is 10.7. The number of nitrogens with zero attached hydrogens (tertiary/aromatic N) is 1. The fraction of sp³-hybridized carbons (Fsp3) is 0.615. The second kappa shape index (κ2) is 6.17. The smallest absolute Gasteiger partial charge is 0.160 e. The quantitative estimate of drug-likeness (QED) is 0.820. The topological polar surface area (TPSA) is 40.5 Å². The summed E-state index contributed by atoms with van der Waals surface area (Å²) in [6.07, 6.45) is 7.18. The van der Waals surface area contributed by atoms with Crippen LogP contribution >= 0.6 is 11.3 Å². The molecule has 1 aromatic rings. The van der Waals surface area contributed by atoms with Gasteiger partial charge in [0, 0.05) is 12.6 Å². The van der Waals surface area contributed by atoms with Crippen molar-refractivity contribution >= 4 is 22.6 Å². The third-order valence-electron chi connectivity index (χ3n) is 3.37. The highest BCUT2D eigenvalue weighted by molar-refractivity contribution is 7.17. The van der Waals surface area contributed by atoms with E-state index >= 15 is 0 Å². The summed E-state index contributed by atoms with van der Waals surface area (Å²) < 4.78 is 0.